The van der Waals surface area contributed by atoms with Crippen LogP contribution in [0, 0.1) is 0 Å². The minimum atomic E-state index is -2.78. The van der Waals surface area contributed by atoms with E-state index in [0.29, 0.717) is 0 Å². The van der Waals surface area contributed by atoms with Crippen molar-refractivity contribution in [1.82, 2.24) is 10.6 Å². The number of hydrogen-bond donors (Lipinski definition) is 4. The highest BCUT2D eigenvalue weighted by Crippen LogP contribution is 2.40. The van der Waals surface area contributed by atoms with Crippen molar-refractivity contribution in [3.8, 4) is 0 Å². The molecule has 0 spiro atoms. The molecule has 0 bridgehead atoms. The maximum atomic E-state index is 12.9. The fourth-order valence-corrected chi connectivity index (χ4v) is 6.57. The summed E-state index contributed by atoms with van der Waals surface area (Å²) in [5.41, 5.74) is 0. The lowest BCUT2D eigenvalue weighted by atomic mass is 9.95. The average molecular weight is 932 g/mol. The maximum Gasteiger partial charge on any atom is 0.407 e. The largest absolute Gasteiger partial charge is 0.463 e. The number of alkyl halides is 6. The Balaban J connectivity index is 2.52. The molecular weight excluding hydrogens is 885 g/mol. The van der Waals surface area contributed by atoms with Crippen molar-refractivity contribution in [2.24, 2.45) is 0 Å². The smallest absolute Gasteiger partial charge is 0.407 e. The minimum absolute atomic E-state index is 0.427. The first-order chi connectivity index (χ1) is 25.0. The lowest BCUT2D eigenvalue weighted by Gasteiger charge is -2.48. The van der Waals surface area contributed by atoms with Crippen molar-refractivity contribution in [3.05, 3.63) is 0 Å². The molecule has 10 atom stereocenters. The number of rotatable bonds is 13. The normalized spacial score (nSPS) is 29.0. The molecule has 55 heavy (non-hydrogen) atoms. The van der Waals surface area contributed by atoms with E-state index in [0.717, 1.165) is 20.8 Å². The van der Waals surface area contributed by atoms with Gasteiger partial charge in [-0.25, -0.2) is 9.59 Å². The number of aliphatic hydroxyl groups excluding tert-OH is 2. The first-order valence-electron chi connectivity index (χ1n) is 16.5. The maximum absolute atomic E-state index is 12.9. The Morgan fingerprint density at radius 2 is 1.16 bits per heavy atom. The predicted octanol–water partition coefficient (Wildman–Crippen LogP) is 3.55. The zero-order chi connectivity index (χ0) is 42.3. The van der Waals surface area contributed by atoms with Gasteiger partial charge in [0, 0.05) is 20.8 Å². The van der Waals surface area contributed by atoms with Crippen LogP contribution in [0.5, 0.6) is 0 Å². The van der Waals surface area contributed by atoms with Crippen LogP contribution in [-0.4, -0.2) is 144 Å². The Hall–Kier alpha value is -1.33. The summed E-state index contributed by atoms with van der Waals surface area (Å²) < 4.78 is 46.1. The van der Waals surface area contributed by atoms with Gasteiger partial charge < -0.3 is 63.2 Å². The number of carbonyl (C=O) groups excluding carboxylic acids is 5. The molecule has 4 N–H and O–H groups in total. The molecule has 0 aromatic rings. The standard InChI is InChI=1S/C30H46Cl6N2O16Si/c1-13(39)46-10-17-21(50-14(2)40)23(51-15(3)41)19(38-27(45)49-12-30(34,35)36)25(53-17)47-9-16-20(42)22(54-55(7,8)28(4,5)6)18(24(43)52-16)37-26(44)48-11-29(31,32)33/h16-25,42-43H,9-12H2,1-8H3,(H,37,44)(H,38,45)/t16?,17?,18?,19?,20-,21-,22+,23+,24+,25+/m0/s1. The number of aliphatic hydroxyl groups is 2. The third kappa shape index (κ3) is 16.4. The van der Waals surface area contributed by atoms with Crippen LogP contribution >= 0.6 is 69.6 Å². The first kappa shape index (κ1) is 49.8. The second kappa shape index (κ2) is 20.6. The van der Waals surface area contributed by atoms with Crippen molar-refractivity contribution in [2.45, 2.75) is 129 Å². The van der Waals surface area contributed by atoms with E-state index in [-0.39, 0.29) is 0 Å². The van der Waals surface area contributed by atoms with E-state index in [1.165, 1.54) is 0 Å². The molecule has 2 heterocycles. The Bertz CT molecular complexity index is 1350. The van der Waals surface area contributed by atoms with E-state index in [1.54, 1.807) is 0 Å². The van der Waals surface area contributed by atoms with Gasteiger partial charge in [-0.2, -0.15) is 0 Å². The van der Waals surface area contributed by atoms with Crippen LogP contribution in [0.25, 0.3) is 0 Å². The van der Waals surface area contributed by atoms with Crippen LogP contribution in [-0.2, 0) is 56.7 Å². The number of halogens is 6. The van der Waals surface area contributed by atoms with Gasteiger partial charge in [0.25, 0.3) is 0 Å². The number of esters is 3. The van der Waals surface area contributed by atoms with E-state index in [4.69, 9.17) is 112 Å². The zero-order valence-electron chi connectivity index (χ0n) is 31.0. The van der Waals surface area contributed by atoms with Crippen LogP contribution in [0.2, 0.25) is 18.1 Å². The lowest BCUT2D eigenvalue weighted by molar-refractivity contribution is -0.299. The van der Waals surface area contributed by atoms with E-state index in [9.17, 15) is 34.2 Å². The van der Waals surface area contributed by atoms with Crippen molar-refractivity contribution in [3.63, 3.8) is 0 Å². The Morgan fingerprint density at radius 1 is 0.673 bits per heavy atom. The monoisotopic (exact) mass is 928 g/mol. The van der Waals surface area contributed by atoms with E-state index in [1.807, 2.05) is 33.9 Å². The van der Waals surface area contributed by atoms with Gasteiger partial charge in [-0.1, -0.05) is 90.4 Å². The molecule has 2 aliphatic rings. The third-order valence-corrected chi connectivity index (χ3v) is 13.5. The first-order valence-corrected chi connectivity index (χ1v) is 21.6. The van der Waals surface area contributed by atoms with Crippen LogP contribution in [0.4, 0.5) is 9.59 Å². The van der Waals surface area contributed by atoms with Crippen molar-refractivity contribution in [2.75, 3.05) is 26.4 Å². The molecule has 0 aromatic heterocycles. The molecule has 2 fully saturated rings. The minimum Gasteiger partial charge on any atom is -0.463 e. The fraction of sp³-hybridized carbons (Fsp3) is 0.833. The Kier molecular flexibility index (Phi) is 18.6. The molecule has 25 heteroatoms. The fourth-order valence-electron chi connectivity index (χ4n) is 4.92. The number of alkyl carbamates (subject to hydrolysis) is 2. The molecule has 0 aliphatic carbocycles. The molecule has 2 amide bonds. The number of nitrogens with one attached hydrogen (secondary N) is 2. The number of amides is 2. The highest BCUT2D eigenvalue weighted by molar-refractivity contribution is 6.74. The molecule has 2 saturated heterocycles. The van der Waals surface area contributed by atoms with Crippen LogP contribution in [0.15, 0.2) is 0 Å². The van der Waals surface area contributed by atoms with Gasteiger partial charge in [-0.05, 0) is 18.1 Å². The molecule has 18 nitrogen and oxygen atoms in total. The van der Waals surface area contributed by atoms with Crippen LogP contribution in [0.1, 0.15) is 41.5 Å². The van der Waals surface area contributed by atoms with E-state index in [2.05, 4.69) is 10.6 Å². The summed E-state index contributed by atoms with van der Waals surface area (Å²) in [6.07, 6.45) is -14.8. The van der Waals surface area contributed by atoms with Gasteiger partial charge in [0.15, 0.2) is 33.1 Å². The van der Waals surface area contributed by atoms with E-state index >= 15 is 0 Å². The predicted molar refractivity (Wildman–Crippen MR) is 198 cm³/mol. The van der Waals surface area contributed by atoms with Gasteiger partial charge in [0.2, 0.25) is 7.59 Å². The summed E-state index contributed by atoms with van der Waals surface area (Å²) in [7, 11) is -2.78. The van der Waals surface area contributed by atoms with E-state index < -0.39 is 139 Å². The van der Waals surface area contributed by atoms with Crippen molar-refractivity contribution >= 4 is 108 Å². The number of hydrogen-bond acceptors (Lipinski definition) is 16. The van der Waals surface area contributed by atoms with Gasteiger partial charge in [0.1, 0.15) is 50.2 Å². The second-order valence-corrected chi connectivity index (χ2v) is 23.7. The van der Waals surface area contributed by atoms with Crippen molar-refractivity contribution in [1.29, 1.82) is 0 Å². The summed E-state index contributed by atoms with van der Waals surface area (Å²) in [6, 6.07) is -3.00. The molecule has 2 rings (SSSR count). The Morgan fingerprint density at radius 3 is 1.62 bits per heavy atom. The number of ether oxygens (including phenoxy) is 8. The zero-order valence-corrected chi connectivity index (χ0v) is 36.5. The summed E-state index contributed by atoms with van der Waals surface area (Å²) in [4.78, 5) is 61.9. The molecule has 0 saturated carbocycles. The summed E-state index contributed by atoms with van der Waals surface area (Å²) in [5, 5.41) is 27.2. The summed E-state index contributed by atoms with van der Waals surface area (Å²) >= 11 is 34.2. The quantitative estimate of drug-likeness (QED) is 0.0895. The molecule has 4 unspecified atom stereocenters. The van der Waals surface area contributed by atoms with Gasteiger partial charge in [-0.3, -0.25) is 14.4 Å². The number of carbonyl (C=O) groups is 5. The van der Waals surface area contributed by atoms with Gasteiger partial charge >= 0.3 is 30.1 Å². The van der Waals surface area contributed by atoms with Crippen LogP contribution < -0.4 is 10.6 Å². The third-order valence-electron chi connectivity index (χ3n) is 8.36. The topological polar surface area (TPSA) is 233 Å². The highest BCUT2D eigenvalue weighted by Gasteiger charge is 2.54. The van der Waals surface area contributed by atoms with Gasteiger partial charge in [-0.15, -0.1) is 0 Å². The second-order valence-electron chi connectivity index (χ2n) is 13.9. The molecule has 318 valence electrons. The lowest BCUT2D eigenvalue weighted by Crippen LogP contribution is -2.68. The summed E-state index contributed by atoms with van der Waals surface area (Å²) in [6.45, 7) is 10.1. The van der Waals surface area contributed by atoms with Gasteiger partial charge in [0.05, 0.1) is 12.7 Å². The Labute approximate surface area is 348 Å². The molecule has 0 aromatic carbocycles. The highest BCUT2D eigenvalue weighted by atomic mass is 35.6. The molecule has 2 aliphatic heterocycles. The SMILES string of the molecule is CC(=O)OCC1O[C@@H](OCC2O[C@@H](O)C(NC(=O)OCC(Cl)(Cl)Cl)[C@@H](O[Si](C)(C)C(C)(C)C)[C@H]2O)C(NC(=O)OCC(Cl)(Cl)Cl)[C@@H](OC(C)=O)[C@H]1OC(C)=O. The van der Waals surface area contributed by atoms with Crippen molar-refractivity contribution < 1.29 is 76.5 Å². The molecule has 0 radical (unpaired) electrons. The van der Waals surface area contributed by atoms with Crippen LogP contribution in [0.3, 0.4) is 0 Å². The average Bonchev–Trinajstić information content (AvgIpc) is 3.01. The summed E-state index contributed by atoms with van der Waals surface area (Å²) in [5.74, 6) is -2.52. The molecular formula is C30H46Cl6N2O16Si.